The summed E-state index contributed by atoms with van der Waals surface area (Å²) in [6.45, 7) is 9.33. The van der Waals surface area contributed by atoms with Crippen molar-refractivity contribution in [3.8, 4) is 0 Å². The second-order valence-corrected chi connectivity index (χ2v) is 5.79. The van der Waals surface area contributed by atoms with Crippen molar-refractivity contribution in [2.24, 2.45) is 5.92 Å². The van der Waals surface area contributed by atoms with Crippen LogP contribution in [0.15, 0.2) is 6.07 Å². The molecule has 2 unspecified atom stereocenters. The zero-order chi connectivity index (χ0) is 15.2. The Morgan fingerprint density at radius 2 is 2.19 bits per heavy atom. The molecule has 1 aliphatic heterocycles. The van der Waals surface area contributed by atoms with Crippen LogP contribution in [0.5, 0.6) is 0 Å². The molecule has 1 N–H and O–H groups in total. The lowest BCUT2D eigenvalue weighted by atomic mass is 9.96. The summed E-state index contributed by atoms with van der Waals surface area (Å²) >= 11 is 0. The second kappa shape index (κ2) is 7.59. The number of rotatable bonds is 6. The minimum atomic E-state index is 0.283. The lowest BCUT2D eigenvalue weighted by Crippen LogP contribution is -2.44. The predicted molar refractivity (Wildman–Crippen MR) is 87.0 cm³/mol. The smallest absolute Gasteiger partial charge is 0.134 e. The van der Waals surface area contributed by atoms with Crippen molar-refractivity contribution in [2.75, 3.05) is 37.0 Å². The van der Waals surface area contributed by atoms with Crippen LogP contribution in [0, 0.1) is 5.92 Å². The minimum Gasteiger partial charge on any atom is -0.379 e. The third-order valence-corrected chi connectivity index (χ3v) is 4.11. The highest BCUT2D eigenvalue weighted by Crippen LogP contribution is 2.25. The number of nitrogens with zero attached hydrogens (tertiary/aromatic N) is 3. The highest BCUT2D eigenvalue weighted by Gasteiger charge is 2.27. The summed E-state index contributed by atoms with van der Waals surface area (Å²) in [4.78, 5) is 11.7. The van der Waals surface area contributed by atoms with Crippen molar-refractivity contribution in [3.05, 3.63) is 11.9 Å². The molecule has 1 aliphatic rings. The molecule has 2 heterocycles. The number of aryl methyl sites for hydroxylation is 1. The standard InChI is InChI=1S/C16H28N4O/c1-5-7-14-18-15(17-6-2)10-16(19-14)20-9-8-12(3)13(11-20)21-4/h10,12-13H,5-9,11H2,1-4H3,(H,17,18,19). The summed E-state index contributed by atoms with van der Waals surface area (Å²) in [6, 6.07) is 2.06. The van der Waals surface area contributed by atoms with E-state index in [9.17, 15) is 0 Å². The van der Waals surface area contributed by atoms with Gasteiger partial charge in [0.2, 0.25) is 0 Å². The summed E-state index contributed by atoms with van der Waals surface area (Å²) in [5.41, 5.74) is 0. The maximum atomic E-state index is 5.61. The fraction of sp³-hybridized carbons (Fsp3) is 0.750. The summed E-state index contributed by atoms with van der Waals surface area (Å²) in [6.07, 6.45) is 3.41. The number of nitrogens with one attached hydrogen (secondary N) is 1. The lowest BCUT2D eigenvalue weighted by molar-refractivity contribution is 0.0496. The molecule has 2 rings (SSSR count). The van der Waals surface area contributed by atoms with Crippen molar-refractivity contribution in [2.45, 2.75) is 46.1 Å². The molecule has 5 nitrogen and oxygen atoms in total. The second-order valence-electron chi connectivity index (χ2n) is 5.79. The number of piperidine rings is 1. The van der Waals surface area contributed by atoms with Gasteiger partial charge in [-0.3, -0.25) is 0 Å². The monoisotopic (exact) mass is 292 g/mol. The fourth-order valence-corrected chi connectivity index (χ4v) is 2.80. The number of hydrogen-bond donors (Lipinski definition) is 1. The average molecular weight is 292 g/mol. The van der Waals surface area contributed by atoms with Gasteiger partial charge in [-0.25, -0.2) is 9.97 Å². The zero-order valence-corrected chi connectivity index (χ0v) is 13.7. The van der Waals surface area contributed by atoms with Crippen molar-refractivity contribution in [1.82, 2.24) is 9.97 Å². The van der Waals surface area contributed by atoms with Gasteiger partial charge in [0.1, 0.15) is 17.5 Å². The molecular formula is C16H28N4O. The molecule has 0 aliphatic carbocycles. The van der Waals surface area contributed by atoms with E-state index in [1.165, 1.54) is 0 Å². The van der Waals surface area contributed by atoms with Gasteiger partial charge >= 0.3 is 0 Å². The molecule has 0 bridgehead atoms. The first-order valence-corrected chi connectivity index (χ1v) is 8.07. The Hall–Kier alpha value is -1.36. The van der Waals surface area contributed by atoms with Crippen LogP contribution in [0.4, 0.5) is 11.6 Å². The summed E-state index contributed by atoms with van der Waals surface area (Å²) in [5.74, 6) is 3.49. The van der Waals surface area contributed by atoms with Gasteiger partial charge in [-0.05, 0) is 25.7 Å². The largest absolute Gasteiger partial charge is 0.379 e. The first kappa shape index (κ1) is 16.0. The maximum Gasteiger partial charge on any atom is 0.134 e. The van der Waals surface area contributed by atoms with Crippen LogP contribution in [0.25, 0.3) is 0 Å². The molecule has 1 saturated heterocycles. The Bertz CT molecular complexity index is 428. The number of aromatic nitrogens is 2. The normalized spacial score (nSPS) is 22.4. The Morgan fingerprint density at radius 3 is 2.86 bits per heavy atom. The Morgan fingerprint density at radius 1 is 1.38 bits per heavy atom. The van der Waals surface area contributed by atoms with E-state index in [1.54, 1.807) is 7.11 Å². The number of hydrogen-bond acceptors (Lipinski definition) is 5. The van der Waals surface area contributed by atoms with E-state index in [4.69, 9.17) is 9.72 Å². The van der Waals surface area contributed by atoms with Crippen molar-refractivity contribution in [1.29, 1.82) is 0 Å². The predicted octanol–water partition coefficient (Wildman–Crippen LogP) is 2.72. The van der Waals surface area contributed by atoms with E-state index in [1.807, 2.05) is 0 Å². The van der Waals surface area contributed by atoms with Gasteiger partial charge < -0.3 is 15.0 Å². The molecule has 0 aromatic carbocycles. The van der Waals surface area contributed by atoms with Gasteiger partial charge in [0.15, 0.2) is 0 Å². The number of ether oxygens (including phenoxy) is 1. The molecule has 1 aromatic heterocycles. The summed E-state index contributed by atoms with van der Waals surface area (Å²) in [7, 11) is 1.80. The molecule has 0 amide bonds. The lowest BCUT2D eigenvalue weighted by Gasteiger charge is -2.37. The quantitative estimate of drug-likeness (QED) is 0.873. The van der Waals surface area contributed by atoms with Crippen LogP contribution >= 0.6 is 0 Å². The Balaban J connectivity index is 2.20. The van der Waals surface area contributed by atoms with Crippen molar-refractivity contribution < 1.29 is 4.74 Å². The van der Waals surface area contributed by atoms with Crippen LogP contribution in [-0.4, -0.2) is 42.8 Å². The van der Waals surface area contributed by atoms with Crippen molar-refractivity contribution in [3.63, 3.8) is 0 Å². The SMILES string of the molecule is CCCc1nc(NCC)cc(N2CCC(C)C(OC)C2)n1. The molecule has 2 atom stereocenters. The van der Waals surface area contributed by atoms with E-state index in [0.717, 1.165) is 56.4 Å². The molecule has 1 fully saturated rings. The van der Waals surface area contributed by atoms with Gasteiger partial charge in [0.25, 0.3) is 0 Å². The van der Waals surface area contributed by atoms with Gasteiger partial charge in [0.05, 0.1) is 6.10 Å². The number of anilines is 2. The molecule has 0 saturated carbocycles. The van der Waals surface area contributed by atoms with Crippen LogP contribution in [0.3, 0.4) is 0 Å². The highest BCUT2D eigenvalue weighted by molar-refractivity contribution is 5.50. The number of methoxy groups -OCH3 is 1. The van der Waals surface area contributed by atoms with E-state index < -0.39 is 0 Å². The van der Waals surface area contributed by atoms with E-state index >= 15 is 0 Å². The molecule has 1 aromatic rings. The van der Waals surface area contributed by atoms with Gasteiger partial charge in [-0.15, -0.1) is 0 Å². The van der Waals surface area contributed by atoms with E-state index in [2.05, 4.69) is 42.0 Å². The Labute approximate surface area is 128 Å². The molecule has 21 heavy (non-hydrogen) atoms. The molecule has 0 radical (unpaired) electrons. The third kappa shape index (κ3) is 4.06. The van der Waals surface area contributed by atoms with Crippen LogP contribution in [0.1, 0.15) is 39.4 Å². The third-order valence-electron chi connectivity index (χ3n) is 4.11. The van der Waals surface area contributed by atoms with Gasteiger partial charge in [-0.1, -0.05) is 13.8 Å². The maximum absolute atomic E-state index is 5.61. The first-order chi connectivity index (χ1) is 10.2. The van der Waals surface area contributed by atoms with E-state index in [0.29, 0.717) is 5.92 Å². The summed E-state index contributed by atoms with van der Waals surface area (Å²) < 4.78 is 5.61. The summed E-state index contributed by atoms with van der Waals surface area (Å²) in [5, 5.41) is 3.31. The minimum absolute atomic E-state index is 0.283. The van der Waals surface area contributed by atoms with Crippen LogP contribution < -0.4 is 10.2 Å². The molecule has 118 valence electrons. The van der Waals surface area contributed by atoms with Gasteiger partial charge in [-0.2, -0.15) is 0 Å². The first-order valence-electron chi connectivity index (χ1n) is 8.07. The van der Waals surface area contributed by atoms with Gasteiger partial charge in [0, 0.05) is 39.2 Å². The van der Waals surface area contributed by atoms with Crippen LogP contribution in [-0.2, 0) is 11.2 Å². The molecular weight excluding hydrogens is 264 g/mol. The Kier molecular flexibility index (Phi) is 5.79. The molecule has 0 spiro atoms. The average Bonchev–Trinajstić information content (AvgIpc) is 2.48. The topological polar surface area (TPSA) is 50.3 Å². The zero-order valence-electron chi connectivity index (χ0n) is 13.7. The van der Waals surface area contributed by atoms with Crippen molar-refractivity contribution >= 4 is 11.6 Å². The van der Waals surface area contributed by atoms with Crippen LogP contribution in [0.2, 0.25) is 0 Å². The molecule has 5 heteroatoms. The fourth-order valence-electron chi connectivity index (χ4n) is 2.80. The highest BCUT2D eigenvalue weighted by atomic mass is 16.5. The van der Waals surface area contributed by atoms with E-state index in [-0.39, 0.29) is 6.10 Å².